The molecule has 0 aliphatic carbocycles. The Labute approximate surface area is 151 Å². The lowest BCUT2D eigenvalue weighted by Crippen LogP contribution is -2.38. The Morgan fingerprint density at radius 1 is 1.17 bits per heavy atom. The Hall–Kier alpha value is -1.15. The van der Waals surface area contributed by atoms with Gasteiger partial charge in [0.2, 0.25) is 11.8 Å². The topological polar surface area (TPSA) is 63.4 Å². The van der Waals surface area contributed by atoms with E-state index in [0.717, 1.165) is 14.7 Å². The van der Waals surface area contributed by atoms with Crippen LogP contribution in [0, 0.1) is 9.49 Å². The van der Waals surface area contributed by atoms with Gasteiger partial charge in [-0.15, -0.1) is 0 Å². The fraction of sp³-hybridized carbons (Fsp3) is 0.529. The lowest BCUT2D eigenvalue weighted by molar-refractivity contribution is 0.281. The largest absolute Gasteiger partial charge is 0.483 e. The van der Waals surface area contributed by atoms with Crippen molar-refractivity contribution in [3.05, 3.63) is 32.9 Å². The highest BCUT2D eigenvalue weighted by Crippen LogP contribution is 2.22. The number of aliphatic hydroxyl groups excluding tert-OH is 1. The van der Waals surface area contributed by atoms with Crippen molar-refractivity contribution in [1.82, 2.24) is 0 Å². The average Bonchev–Trinajstić information content (AvgIpc) is 2.55. The molecular weight excluding hydrogens is 407 g/mol. The molecule has 0 spiro atoms. The molecule has 2 rings (SSSR count). The van der Waals surface area contributed by atoms with Crippen molar-refractivity contribution < 1.29 is 14.6 Å². The molecule has 0 fully saturated rings. The van der Waals surface area contributed by atoms with Crippen LogP contribution in [0.15, 0.2) is 28.2 Å². The quantitative estimate of drug-likeness (QED) is 0.748. The van der Waals surface area contributed by atoms with Crippen molar-refractivity contribution in [2.45, 2.75) is 39.0 Å². The Balaban J connectivity index is 2.27. The van der Waals surface area contributed by atoms with Crippen LogP contribution in [0.5, 0.6) is 0 Å². The molecule has 2 atom stereocenters. The fourth-order valence-corrected chi connectivity index (χ4v) is 3.36. The molecule has 0 saturated carbocycles. The standard InChI is InChI=1S/C17H23IN2O3/c1-10(2)15-17(23-4)19-14(16(20-15)22-3)8-12-6-5-11(9-21)7-13(12)18/h5-7,10,14-15,21H,8-9H2,1-4H3/t14-,15+/m1/s1. The summed E-state index contributed by atoms with van der Waals surface area (Å²) in [7, 11) is 3.27. The summed E-state index contributed by atoms with van der Waals surface area (Å²) in [5, 5.41) is 9.22. The second-order valence-electron chi connectivity index (χ2n) is 5.84. The minimum Gasteiger partial charge on any atom is -0.483 e. The first-order valence-electron chi connectivity index (χ1n) is 7.61. The van der Waals surface area contributed by atoms with Gasteiger partial charge in [-0.25, -0.2) is 9.98 Å². The number of benzene rings is 1. The molecule has 5 nitrogen and oxygen atoms in total. The van der Waals surface area contributed by atoms with Crippen LogP contribution in [-0.4, -0.2) is 43.2 Å². The number of rotatable bonds is 4. The molecule has 1 N–H and O–H groups in total. The normalized spacial score (nSPS) is 21.0. The summed E-state index contributed by atoms with van der Waals surface area (Å²) < 4.78 is 12.0. The number of halogens is 1. The van der Waals surface area contributed by atoms with E-state index < -0.39 is 0 Å². The summed E-state index contributed by atoms with van der Waals surface area (Å²) in [4.78, 5) is 9.41. The van der Waals surface area contributed by atoms with E-state index in [1.165, 1.54) is 0 Å². The fourth-order valence-electron chi connectivity index (χ4n) is 2.56. The van der Waals surface area contributed by atoms with Crippen LogP contribution in [0.25, 0.3) is 0 Å². The second-order valence-corrected chi connectivity index (χ2v) is 7.00. The smallest absolute Gasteiger partial charge is 0.209 e. The summed E-state index contributed by atoms with van der Waals surface area (Å²) in [6.07, 6.45) is 0.689. The van der Waals surface area contributed by atoms with E-state index in [4.69, 9.17) is 14.5 Å². The molecular formula is C17H23IN2O3. The molecule has 1 heterocycles. The van der Waals surface area contributed by atoms with Crippen molar-refractivity contribution in [3.63, 3.8) is 0 Å². The molecule has 23 heavy (non-hydrogen) atoms. The van der Waals surface area contributed by atoms with Crippen molar-refractivity contribution in [1.29, 1.82) is 0 Å². The lowest BCUT2D eigenvalue weighted by Gasteiger charge is -2.27. The van der Waals surface area contributed by atoms with Crippen LogP contribution in [0.4, 0.5) is 0 Å². The van der Waals surface area contributed by atoms with Crippen LogP contribution in [0.3, 0.4) is 0 Å². The number of aliphatic imine (C=N–C) groups is 2. The van der Waals surface area contributed by atoms with Gasteiger partial charge in [0.15, 0.2) is 0 Å². The third kappa shape index (κ3) is 4.23. The van der Waals surface area contributed by atoms with Gasteiger partial charge in [-0.05, 0) is 45.7 Å². The summed E-state index contributed by atoms with van der Waals surface area (Å²) in [6, 6.07) is 5.67. The molecule has 1 aromatic carbocycles. The lowest BCUT2D eigenvalue weighted by atomic mass is 10.00. The molecule has 0 saturated heterocycles. The van der Waals surface area contributed by atoms with Crippen molar-refractivity contribution in [2.24, 2.45) is 15.9 Å². The number of aliphatic hydroxyl groups is 1. The molecule has 0 aromatic heterocycles. The molecule has 0 radical (unpaired) electrons. The Kier molecular flexibility index (Phi) is 6.41. The number of hydrogen-bond acceptors (Lipinski definition) is 5. The summed E-state index contributed by atoms with van der Waals surface area (Å²) in [5.74, 6) is 1.60. The Bertz CT molecular complexity index is 614. The van der Waals surface area contributed by atoms with Crippen molar-refractivity contribution in [3.8, 4) is 0 Å². The molecule has 0 amide bonds. The minimum atomic E-state index is -0.182. The maximum absolute atomic E-state index is 9.22. The van der Waals surface area contributed by atoms with E-state index in [9.17, 15) is 5.11 Å². The van der Waals surface area contributed by atoms with Gasteiger partial charge in [-0.3, -0.25) is 0 Å². The van der Waals surface area contributed by atoms with Crippen LogP contribution in [0.1, 0.15) is 25.0 Å². The monoisotopic (exact) mass is 430 g/mol. The molecule has 0 bridgehead atoms. The first kappa shape index (κ1) is 18.2. The summed E-state index contributed by atoms with van der Waals surface area (Å²) in [5.41, 5.74) is 2.06. The van der Waals surface area contributed by atoms with Gasteiger partial charge < -0.3 is 14.6 Å². The first-order chi connectivity index (χ1) is 11.0. The zero-order valence-corrected chi connectivity index (χ0v) is 16.1. The van der Waals surface area contributed by atoms with Crippen LogP contribution in [0.2, 0.25) is 0 Å². The second kappa shape index (κ2) is 8.10. The number of ether oxygens (including phenoxy) is 2. The highest BCUT2D eigenvalue weighted by Gasteiger charge is 2.31. The van der Waals surface area contributed by atoms with Gasteiger partial charge >= 0.3 is 0 Å². The number of methoxy groups -OCH3 is 2. The number of hydrogen-bond donors (Lipinski definition) is 1. The van der Waals surface area contributed by atoms with Crippen LogP contribution >= 0.6 is 22.6 Å². The Morgan fingerprint density at radius 3 is 2.39 bits per heavy atom. The molecule has 1 aliphatic heterocycles. The highest BCUT2D eigenvalue weighted by molar-refractivity contribution is 14.1. The van der Waals surface area contributed by atoms with E-state index in [1.54, 1.807) is 14.2 Å². The van der Waals surface area contributed by atoms with Crippen molar-refractivity contribution >= 4 is 34.4 Å². The summed E-state index contributed by atoms with van der Waals surface area (Å²) >= 11 is 2.28. The van der Waals surface area contributed by atoms with Gasteiger partial charge in [0.1, 0.15) is 12.1 Å². The molecule has 6 heteroatoms. The SMILES string of the molecule is COC1=N[C@H](Cc2ccc(CO)cc2I)C(OC)=N[C@H]1C(C)C. The minimum absolute atomic E-state index is 0.0481. The van der Waals surface area contributed by atoms with Crippen LogP contribution in [-0.2, 0) is 22.5 Å². The van der Waals surface area contributed by atoms with E-state index in [0.29, 0.717) is 24.1 Å². The predicted octanol–water partition coefficient (Wildman–Crippen LogP) is 2.82. The van der Waals surface area contributed by atoms with E-state index in [2.05, 4.69) is 41.4 Å². The van der Waals surface area contributed by atoms with E-state index >= 15 is 0 Å². The maximum atomic E-state index is 9.22. The van der Waals surface area contributed by atoms with Gasteiger partial charge in [-0.2, -0.15) is 0 Å². The molecule has 1 aromatic rings. The zero-order valence-electron chi connectivity index (χ0n) is 13.9. The first-order valence-corrected chi connectivity index (χ1v) is 8.69. The van der Waals surface area contributed by atoms with Gasteiger partial charge in [-0.1, -0.05) is 26.0 Å². The Morgan fingerprint density at radius 2 is 1.87 bits per heavy atom. The maximum Gasteiger partial charge on any atom is 0.209 e. The van der Waals surface area contributed by atoms with Crippen LogP contribution < -0.4 is 0 Å². The van der Waals surface area contributed by atoms with E-state index in [-0.39, 0.29) is 18.7 Å². The molecule has 0 unspecified atom stereocenters. The van der Waals surface area contributed by atoms with Crippen molar-refractivity contribution in [2.75, 3.05) is 14.2 Å². The molecule has 126 valence electrons. The highest BCUT2D eigenvalue weighted by atomic mass is 127. The van der Waals surface area contributed by atoms with Gasteiger partial charge in [0.25, 0.3) is 0 Å². The predicted molar refractivity (Wildman–Crippen MR) is 100 cm³/mol. The number of nitrogens with zero attached hydrogens (tertiary/aromatic N) is 2. The summed E-state index contributed by atoms with van der Waals surface area (Å²) in [6.45, 7) is 4.23. The van der Waals surface area contributed by atoms with Gasteiger partial charge in [0, 0.05) is 9.99 Å². The third-order valence-electron chi connectivity index (χ3n) is 3.85. The van der Waals surface area contributed by atoms with E-state index in [1.807, 2.05) is 18.2 Å². The third-order valence-corrected chi connectivity index (χ3v) is 4.85. The molecule has 1 aliphatic rings. The average molecular weight is 430 g/mol. The zero-order chi connectivity index (χ0) is 17.0. The van der Waals surface area contributed by atoms with Gasteiger partial charge in [0.05, 0.1) is 20.8 Å².